The first-order chi connectivity index (χ1) is 7.35. The van der Waals surface area contributed by atoms with Gasteiger partial charge >= 0.3 is 0 Å². The van der Waals surface area contributed by atoms with Gasteiger partial charge in [-0.2, -0.15) is 0 Å². The van der Waals surface area contributed by atoms with Gasteiger partial charge < -0.3 is 10.2 Å². The van der Waals surface area contributed by atoms with Crippen LogP contribution in [0, 0.1) is 5.92 Å². The van der Waals surface area contributed by atoms with Crippen LogP contribution in [0.25, 0.3) is 0 Å². The molecule has 1 aromatic carbocycles. The van der Waals surface area contributed by atoms with Gasteiger partial charge in [-0.15, -0.1) is 11.8 Å². The summed E-state index contributed by atoms with van der Waals surface area (Å²) < 4.78 is 0. The molecule has 1 heterocycles. The fraction of sp³-hybridized carbons (Fsp3) is 0.500. The molecule has 0 aromatic heterocycles. The Kier molecular flexibility index (Phi) is 3.67. The normalized spacial score (nSPS) is 19.5. The molecule has 0 saturated carbocycles. The van der Waals surface area contributed by atoms with Crippen molar-refractivity contribution < 1.29 is 10.2 Å². The monoisotopic (exact) mass is 224 g/mol. The van der Waals surface area contributed by atoms with E-state index in [9.17, 15) is 0 Å². The Morgan fingerprint density at radius 2 is 2.00 bits per heavy atom. The van der Waals surface area contributed by atoms with Gasteiger partial charge in [-0.3, -0.25) is 0 Å². The molecule has 2 rings (SSSR count). The van der Waals surface area contributed by atoms with E-state index in [1.165, 1.54) is 10.5 Å². The molecule has 1 aliphatic rings. The van der Waals surface area contributed by atoms with Gasteiger partial charge in [-0.05, 0) is 24.0 Å². The van der Waals surface area contributed by atoms with Crippen LogP contribution >= 0.6 is 11.8 Å². The molecule has 0 radical (unpaired) electrons. The molecule has 0 amide bonds. The number of fused-ring (bicyclic) bond motifs is 1. The van der Waals surface area contributed by atoms with E-state index in [-0.39, 0.29) is 19.1 Å². The molecule has 1 unspecified atom stereocenters. The van der Waals surface area contributed by atoms with E-state index in [1.807, 2.05) is 11.8 Å². The van der Waals surface area contributed by atoms with Crippen LogP contribution < -0.4 is 0 Å². The summed E-state index contributed by atoms with van der Waals surface area (Å²) in [6.07, 6.45) is 0.886. The van der Waals surface area contributed by atoms with Gasteiger partial charge in [0.25, 0.3) is 0 Å². The summed E-state index contributed by atoms with van der Waals surface area (Å²) in [7, 11) is 0. The lowest BCUT2D eigenvalue weighted by Crippen LogP contribution is -2.15. The minimum Gasteiger partial charge on any atom is -0.396 e. The van der Waals surface area contributed by atoms with Crippen molar-refractivity contribution in [2.45, 2.75) is 17.2 Å². The first-order valence-corrected chi connectivity index (χ1v) is 6.27. The van der Waals surface area contributed by atoms with E-state index in [2.05, 4.69) is 24.3 Å². The van der Waals surface area contributed by atoms with Crippen molar-refractivity contribution in [3.8, 4) is 0 Å². The Bertz CT molecular complexity index is 323. The van der Waals surface area contributed by atoms with Crippen LogP contribution in [0.15, 0.2) is 29.2 Å². The van der Waals surface area contributed by atoms with Gasteiger partial charge in [-0.25, -0.2) is 0 Å². The lowest BCUT2D eigenvalue weighted by Gasteiger charge is -2.16. The Hall–Kier alpha value is -0.510. The van der Waals surface area contributed by atoms with Crippen LogP contribution in [-0.2, 0) is 0 Å². The number of rotatable bonds is 4. The molecule has 0 saturated heterocycles. The number of thioether (sulfide) groups is 1. The molecule has 0 fully saturated rings. The van der Waals surface area contributed by atoms with Crippen molar-refractivity contribution in [3.63, 3.8) is 0 Å². The van der Waals surface area contributed by atoms with Gasteiger partial charge in [0.2, 0.25) is 0 Å². The summed E-state index contributed by atoms with van der Waals surface area (Å²) in [5, 5.41) is 18.1. The number of aliphatic hydroxyl groups excluding tert-OH is 2. The maximum atomic E-state index is 9.07. The molecule has 2 nitrogen and oxygen atoms in total. The van der Waals surface area contributed by atoms with Gasteiger partial charge in [-0.1, -0.05) is 18.2 Å². The third-order valence-electron chi connectivity index (χ3n) is 2.93. The second-order valence-corrected chi connectivity index (χ2v) is 5.07. The zero-order valence-corrected chi connectivity index (χ0v) is 9.41. The fourth-order valence-corrected chi connectivity index (χ4v) is 3.31. The predicted molar refractivity (Wildman–Crippen MR) is 62.2 cm³/mol. The van der Waals surface area contributed by atoms with Gasteiger partial charge in [0.15, 0.2) is 0 Å². The lowest BCUT2D eigenvalue weighted by molar-refractivity contribution is 0.139. The highest BCUT2D eigenvalue weighted by molar-refractivity contribution is 7.99. The van der Waals surface area contributed by atoms with E-state index in [0.717, 1.165) is 12.2 Å². The minimum absolute atomic E-state index is 0.0294. The Morgan fingerprint density at radius 3 is 2.73 bits per heavy atom. The minimum atomic E-state index is 0.0294. The maximum absolute atomic E-state index is 9.07. The van der Waals surface area contributed by atoms with Gasteiger partial charge in [0, 0.05) is 29.8 Å². The van der Waals surface area contributed by atoms with E-state index >= 15 is 0 Å². The Labute approximate surface area is 94.3 Å². The Morgan fingerprint density at radius 1 is 1.27 bits per heavy atom. The van der Waals surface area contributed by atoms with E-state index in [4.69, 9.17) is 10.2 Å². The van der Waals surface area contributed by atoms with Crippen LogP contribution in [0.5, 0.6) is 0 Å². The van der Waals surface area contributed by atoms with Crippen LogP contribution in [0.1, 0.15) is 17.9 Å². The van der Waals surface area contributed by atoms with Crippen molar-refractivity contribution in [3.05, 3.63) is 29.8 Å². The average Bonchev–Trinajstić information content (AvgIpc) is 2.69. The molecule has 3 heteroatoms. The smallest absolute Gasteiger partial charge is 0.0481 e. The van der Waals surface area contributed by atoms with E-state index < -0.39 is 0 Å². The highest BCUT2D eigenvalue weighted by Crippen LogP contribution is 2.42. The molecule has 82 valence electrons. The van der Waals surface area contributed by atoms with E-state index in [0.29, 0.717) is 5.92 Å². The number of aliphatic hydroxyl groups is 2. The lowest BCUT2D eigenvalue weighted by atomic mass is 9.91. The predicted octanol–water partition coefficient (Wildman–Crippen LogP) is 1.87. The molecule has 1 aromatic rings. The number of hydrogen-bond donors (Lipinski definition) is 2. The van der Waals surface area contributed by atoms with Crippen molar-refractivity contribution in [1.29, 1.82) is 0 Å². The molecule has 0 aliphatic carbocycles. The Balaban J connectivity index is 2.07. The topological polar surface area (TPSA) is 40.5 Å². The van der Waals surface area contributed by atoms with E-state index in [1.54, 1.807) is 0 Å². The standard InChI is InChI=1S/C12H16O2S/c13-6-9(7-14)5-10-8-15-12-4-2-1-3-11(10)12/h1-4,9-10,13-14H,5-8H2. The first-order valence-electron chi connectivity index (χ1n) is 5.28. The molecule has 1 aliphatic heterocycles. The van der Waals surface area contributed by atoms with Gasteiger partial charge in [0.1, 0.15) is 0 Å². The largest absolute Gasteiger partial charge is 0.396 e. The molecule has 0 spiro atoms. The van der Waals surface area contributed by atoms with Crippen molar-refractivity contribution in [2.75, 3.05) is 19.0 Å². The molecular formula is C12H16O2S. The summed E-state index contributed by atoms with van der Waals surface area (Å²) in [6, 6.07) is 8.42. The molecular weight excluding hydrogens is 208 g/mol. The number of benzene rings is 1. The number of hydrogen-bond acceptors (Lipinski definition) is 3. The third kappa shape index (κ3) is 2.36. The third-order valence-corrected chi connectivity index (χ3v) is 4.18. The summed E-state index contributed by atoms with van der Waals surface area (Å²) in [6.45, 7) is 0.166. The molecule has 2 N–H and O–H groups in total. The highest BCUT2D eigenvalue weighted by Gasteiger charge is 2.24. The maximum Gasteiger partial charge on any atom is 0.0481 e. The van der Waals surface area contributed by atoms with Crippen molar-refractivity contribution in [2.24, 2.45) is 5.92 Å². The van der Waals surface area contributed by atoms with Crippen molar-refractivity contribution >= 4 is 11.8 Å². The SMILES string of the molecule is OCC(CO)CC1CSc2ccccc21. The second kappa shape index (κ2) is 5.01. The average molecular weight is 224 g/mol. The summed E-state index contributed by atoms with van der Waals surface area (Å²) >= 11 is 1.88. The zero-order valence-electron chi connectivity index (χ0n) is 8.60. The summed E-state index contributed by atoms with van der Waals surface area (Å²) in [5.74, 6) is 1.60. The second-order valence-electron chi connectivity index (χ2n) is 4.01. The van der Waals surface area contributed by atoms with Gasteiger partial charge in [0.05, 0.1) is 0 Å². The van der Waals surface area contributed by atoms with Crippen molar-refractivity contribution in [1.82, 2.24) is 0 Å². The zero-order chi connectivity index (χ0) is 10.7. The summed E-state index contributed by atoms with van der Waals surface area (Å²) in [5.41, 5.74) is 1.38. The molecule has 1 atom stereocenters. The molecule has 0 bridgehead atoms. The van der Waals surface area contributed by atoms with Crippen LogP contribution in [-0.4, -0.2) is 29.2 Å². The molecule has 15 heavy (non-hydrogen) atoms. The van der Waals surface area contributed by atoms with Crippen LogP contribution in [0.2, 0.25) is 0 Å². The van der Waals surface area contributed by atoms with Crippen LogP contribution in [0.4, 0.5) is 0 Å². The highest BCUT2D eigenvalue weighted by atomic mass is 32.2. The quantitative estimate of drug-likeness (QED) is 0.820. The fourth-order valence-electron chi connectivity index (χ4n) is 2.03. The summed E-state index contributed by atoms with van der Waals surface area (Å²) in [4.78, 5) is 1.36. The van der Waals surface area contributed by atoms with Crippen LogP contribution in [0.3, 0.4) is 0 Å². The first kappa shape index (κ1) is 11.0.